The highest BCUT2D eigenvalue weighted by atomic mass is 32.1. The second-order valence-corrected chi connectivity index (χ2v) is 4.52. The zero-order chi connectivity index (χ0) is 12.3. The van der Waals surface area contributed by atoms with Gasteiger partial charge in [-0.3, -0.25) is 14.5 Å². The van der Waals surface area contributed by atoms with E-state index in [4.69, 9.17) is 18.0 Å². The molecule has 0 radical (unpaired) electrons. The van der Waals surface area contributed by atoms with Crippen LogP contribution < -0.4 is 5.73 Å². The van der Waals surface area contributed by atoms with E-state index in [1.165, 1.54) is 4.90 Å². The van der Waals surface area contributed by atoms with Gasteiger partial charge in [-0.1, -0.05) is 26.1 Å². The third-order valence-corrected chi connectivity index (χ3v) is 3.72. The maximum atomic E-state index is 11.9. The van der Waals surface area contributed by atoms with Gasteiger partial charge in [-0.2, -0.15) is 0 Å². The monoisotopic (exact) mass is 242 g/mol. The van der Waals surface area contributed by atoms with E-state index in [0.29, 0.717) is 32.1 Å². The second kappa shape index (κ2) is 4.91. The Hall–Kier alpha value is -0.970. The highest BCUT2D eigenvalue weighted by Crippen LogP contribution is 2.29. The number of thiocarbonyl (C=S) groups is 1. The third-order valence-electron chi connectivity index (χ3n) is 3.34. The molecule has 1 aliphatic heterocycles. The van der Waals surface area contributed by atoms with Crippen LogP contribution in [0.4, 0.5) is 0 Å². The third kappa shape index (κ3) is 1.96. The van der Waals surface area contributed by atoms with Gasteiger partial charge < -0.3 is 5.73 Å². The van der Waals surface area contributed by atoms with Crippen molar-refractivity contribution >= 4 is 29.0 Å². The average molecular weight is 242 g/mol. The molecule has 90 valence electrons. The molecule has 0 spiro atoms. The molecule has 0 aromatic rings. The molecule has 1 aliphatic rings. The Labute approximate surface area is 101 Å². The van der Waals surface area contributed by atoms with Crippen molar-refractivity contribution in [2.75, 3.05) is 0 Å². The highest BCUT2D eigenvalue weighted by Gasteiger charge is 2.44. The molecule has 0 aromatic heterocycles. The van der Waals surface area contributed by atoms with E-state index >= 15 is 0 Å². The first-order chi connectivity index (χ1) is 7.49. The summed E-state index contributed by atoms with van der Waals surface area (Å²) in [6.07, 6.45) is 2.62. The fraction of sp³-hybridized carbons (Fsp3) is 0.727. The van der Waals surface area contributed by atoms with E-state index in [1.807, 2.05) is 13.8 Å². The summed E-state index contributed by atoms with van der Waals surface area (Å²) < 4.78 is 0. The van der Waals surface area contributed by atoms with Crippen LogP contribution in [0.5, 0.6) is 0 Å². The summed E-state index contributed by atoms with van der Waals surface area (Å²) >= 11 is 5.05. The zero-order valence-electron chi connectivity index (χ0n) is 9.78. The number of hydrogen-bond donors (Lipinski definition) is 1. The molecule has 2 amide bonds. The molecule has 0 saturated carbocycles. The first kappa shape index (κ1) is 13.1. The van der Waals surface area contributed by atoms with Crippen LogP contribution in [-0.2, 0) is 9.59 Å². The molecule has 4 nitrogen and oxygen atoms in total. The van der Waals surface area contributed by atoms with Crippen LogP contribution in [0.1, 0.15) is 46.0 Å². The molecule has 0 bridgehead atoms. The van der Waals surface area contributed by atoms with Crippen molar-refractivity contribution in [2.45, 2.75) is 51.5 Å². The summed E-state index contributed by atoms with van der Waals surface area (Å²) in [5.41, 5.74) is 4.97. The normalized spacial score (nSPS) is 17.8. The van der Waals surface area contributed by atoms with Gasteiger partial charge in [-0.15, -0.1) is 0 Å². The quantitative estimate of drug-likeness (QED) is 0.597. The molecule has 1 heterocycles. The number of piperidine rings is 1. The van der Waals surface area contributed by atoms with Gasteiger partial charge in [0.2, 0.25) is 11.8 Å². The number of amides is 2. The van der Waals surface area contributed by atoms with Crippen molar-refractivity contribution in [3.63, 3.8) is 0 Å². The molecule has 5 heteroatoms. The number of likely N-dealkylation sites (tertiary alicyclic amines) is 1. The lowest BCUT2D eigenvalue weighted by atomic mass is 9.88. The smallest absolute Gasteiger partial charge is 0.230 e. The number of carbonyl (C=O) groups is 2. The average Bonchev–Trinajstić information content (AvgIpc) is 2.23. The zero-order valence-corrected chi connectivity index (χ0v) is 10.6. The molecule has 1 saturated heterocycles. The number of hydrogen-bond acceptors (Lipinski definition) is 3. The van der Waals surface area contributed by atoms with E-state index in [-0.39, 0.29) is 16.8 Å². The van der Waals surface area contributed by atoms with Crippen LogP contribution in [-0.4, -0.2) is 27.2 Å². The molecule has 0 unspecified atom stereocenters. The van der Waals surface area contributed by atoms with E-state index in [2.05, 4.69) is 0 Å². The molecule has 0 aliphatic carbocycles. The van der Waals surface area contributed by atoms with Crippen molar-refractivity contribution in [3.8, 4) is 0 Å². The summed E-state index contributed by atoms with van der Waals surface area (Å²) in [5.74, 6) is -0.291. The predicted molar refractivity (Wildman–Crippen MR) is 65.8 cm³/mol. The fourth-order valence-electron chi connectivity index (χ4n) is 2.26. The lowest BCUT2D eigenvalue weighted by molar-refractivity contribution is -0.153. The van der Waals surface area contributed by atoms with Gasteiger partial charge in [-0.25, -0.2) is 0 Å². The van der Waals surface area contributed by atoms with Gasteiger partial charge in [0.15, 0.2) is 0 Å². The van der Waals surface area contributed by atoms with Gasteiger partial charge in [0.05, 0.1) is 10.5 Å². The molecule has 0 atom stereocenters. The van der Waals surface area contributed by atoms with Crippen LogP contribution in [0.25, 0.3) is 0 Å². The number of rotatable bonds is 4. The van der Waals surface area contributed by atoms with Gasteiger partial charge in [-0.05, 0) is 19.3 Å². The SMILES string of the molecule is CCC(CC)(C(N)=S)N1C(=O)CCCC1=O. The van der Waals surface area contributed by atoms with Crippen molar-refractivity contribution in [1.29, 1.82) is 0 Å². The largest absolute Gasteiger partial charge is 0.391 e. The molecular weight excluding hydrogens is 224 g/mol. The second-order valence-electron chi connectivity index (χ2n) is 4.08. The topological polar surface area (TPSA) is 63.4 Å². The van der Waals surface area contributed by atoms with Gasteiger partial charge in [0, 0.05) is 12.8 Å². The van der Waals surface area contributed by atoms with Crippen molar-refractivity contribution < 1.29 is 9.59 Å². The molecular formula is C11H18N2O2S. The van der Waals surface area contributed by atoms with Gasteiger partial charge in [0.1, 0.15) is 0 Å². The molecule has 16 heavy (non-hydrogen) atoms. The molecule has 1 rings (SSSR count). The van der Waals surface area contributed by atoms with E-state index in [1.54, 1.807) is 0 Å². The Morgan fingerprint density at radius 2 is 1.75 bits per heavy atom. The Morgan fingerprint density at radius 3 is 2.06 bits per heavy atom. The minimum atomic E-state index is -0.760. The summed E-state index contributed by atoms with van der Waals surface area (Å²) in [4.78, 5) is 25.3. The Bertz CT molecular complexity index is 308. The highest BCUT2D eigenvalue weighted by molar-refractivity contribution is 7.80. The lowest BCUT2D eigenvalue weighted by Crippen LogP contribution is -2.61. The Balaban J connectivity index is 3.14. The van der Waals surface area contributed by atoms with Crippen LogP contribution in [0.2, 0.25) is 0 Å². The maximum Gasteiger partial charge on any atom is 0.230 e. The minimum absolute atomic E-state index is 0.146. The van der Waals surface area contributed by atoms with Crippen molar-refractivity contribution in [3.05, 3.63) is 0 Å². The van der Waals surface area contributed by atoms with Crippen molar-refractivity contribution in [1.82, 2.24) is 4.90 Å². The van der Waals surface area contributed by atoms with Crippen LogP contribution in [0.3, 0.4) is 0 Å². The van der Waals surface area contributed by atoms with Crippen LogP contribution >= 0.6 is 12.2 Å². The van der Waals surface area contributed by atoms with E-state index in [0.717, 1.165) is 0 Å². The summed E-state index contributed by atoms with van der Waals surface area (Å²) in [6, 6.07) is 0. The van der Waals surface area contributed by atoms with Gasteiger partial charge >= 0.3 is 0 Å². The number of nitrogens with zero attached hydrogens (tertiary/aromatic N) is 1. The lowest BCUT2D eigenvalue weighted by Gasteiger charge is -2.42. The summed E-state index contributed by atoms with van der Waals surface area (Å²) in [5, 5.41) is 0. The standard InChI is InChI=1S/C11H18N2O2S/c1-3-11(4-2,10(12)16)13-8(14)6-5-7-9(13)15/h3-7H2,1-2H3,(H2,12,16). The molecule has 2 N–H and O–H groups in total. The van der Waals surface area contributed by atoms with Crippen molar-refractivity contribution in [2.24, 2.45) is 5.73 Å². The van der Waals surface area contributed by atoms with E-state index in [9.17, 15) is 9.59 Å². The molecule has 0 aromatic carbocycles. The van der Waals surface area contributed by atoms with E-state index < -0.39 is 5.54 Å². The Morgan fingerprint density at radius 1 is 1.31 bits per heavy atom. The predicted octanol–water partition coefficient (Wildman–Crippen LogP) is 1.37. The van der Waals surface area contributed by atoms with Crippen LogP contribution in [0.15, 0.2) is 0 Å². The maximum absolute atomic E-state index is 11.9. The minimum Gasteiger partial charge on any atom is -0.391 e. The first-order valence-corrected chi connectivity index (χ1v) is 6.06. The Kier molecular flexibility index (Phi) is 4.02. The summed E-state index contributed by atoms with van der Waals surface area (Å²) in [6.45, 7) is 3.80. The van der Waals surface area contributed by atoms with Gasteiger partial charge in [0.25, 0.3) is 0 Å². The summed E-state index contributed by atoms with van der Waals surface area (Å²) in [7, 11) is 0. The number of imide groups is 1. The number of nitrogens with two attached hydrogens (primary N) is 1. The fourth-order valence-corrected chi connectivity index (χ4v) is 2.64. The van der Waals surface area contributed by atoms with Crippen LogP contribution in [0, 0.1) is 0 Å². The number of carbonyl (C=O) groups excluding carboxylic acids is 2. The molecule has 1 fully saturated rings. The first-order valence-electron chi connectivity index (χ1n) is 5.65.